The van der Waals surface area contributed by atoms with Gasteiger partial charge in [0.1, 0.15) is 5.69 Å². The van der Waals surface area contributed by atoms with Crippen LogP contribution in [0, 0.1) is 11.3 Å². The first-order valence-electron chi connectivity index (χ1n) is 7.81. The van der Waals surface area contributed by atoms with Crippen molar-refractivity contribution in [3.05, 3.63) is 46.5 Å². The van der Waals surface area contributed by atoms with Gasteiger partial charge in [-0.15, -0.1) is 11.3 Å². The number of ether oxygens (including phenoxy) is 1. The van der Waals surface area contributed by atoms with Gasteiger partial charge in [0.05, 0.1) is 30.6 Å². The molecule has 1 N–H and O–H groups in total. The SMILES string of the molecule is C/C(=N\NC(=O)c1csc(N2CCOCC2)n1)c1ccc(C#N)cc1. The largest absolute Gasteiger partial charge is 0.378 e. The minimum Gasteiger partial charge on any atom is -0.378 e. The number of nitrogens with one attached hydrogen (secondary N) is 1. The first-order valence-corrected chi connectivity index (χ1v) is 8.69. The number of anilines is 1. The standard InChI is InChI=1S/C17H17N5O2S/c1-12(14-4-2-13(10-18)3-5-14)20-21-16(23)15-11-25-17(19-15)22-6-8-24-9-7-22/h2-5,11H,6-9H2,1H3,(H,21,23)/b20-12+. The lowest BCUT2D eigenvalue weighted by Crippen LogP contribution is -2.36. The van der Waals surface area contributed by atoms with Gasteiger partial charge >= 0.3 is 0 Å². The molecular weight excluding hydrogens is 338 g/mol. The zero-order valence-electron chi connectivity index (χ0n) is 13.7. The lowest BCUT2D eigenvalue weighted by molar-refractivity contribution is 0.0950. The van der Waals surface area contributed by atoms with E-state index in [0.29, 0.717) is 30.2 Å². The van der Waals surface area contributed by atoms with Crippen molar-refractivity contribution in [2.24, 2.45) is 5.10 Å². The maximum Gasteiger partial charge on any atom is 0.290 e. The number of hydrogen-bond donors (Lipinski definition) is 1. The van der Waals surface area contributed by atoms with Gasteiger partial charge in [-0.25, -0.2) is 10.4 Å². The van der Waals surface area contributed by atoms with Crippen LogP contribution in [0.2, 0.25) is 0 Å². The number of rotatable bonds is 4. The maximum atomic E-state index is 12.2. The number of nitriles is 1. The molecule has 1 aromatic carbocycles. The van der Waals surface area contributed by atoms with Crippen LogP contribution in [-0.2, 0) is 4.74 Å². The van der Waals surface area contributed by atoms with Crippen molar-refractivity contribution in [2.45, 2.75) is 6.92 Å². The summed E-state index contributed by atoms with van der Waals surface area (Å²) in [6.45, 7) is 4.71. The van der Waals surface area contributed by atoms with Crippen LogP contribution < -0.4 is 10.3 Å². The number of aromatic nitrogens is 1. The Morgan fingerprint density at radius 3 is 2.76 bits per heavy atom. The Hall–Kier alpha value is -2.76. The Morgan fingerprint density at radius 2 is 2.08 bits per heavy atom. The number of nitrogens with zero attached hydrogens (tertiary/aromatic N) is 4. The normalized spacial score (nSPS) is 14.9. The summed E-state index contributed by atoms with van der Waals surface area (Å²) < 4.78 is 5.32. The Balaban J connectivity index is 1.63. The summed E-state index contributed by atoms with van der Waals surface area (Å²) in [7, 11) is 0. The van der Waals surface area contributed by atoms with Crippen LogP contribution in [-0.4, -0.2) is 42.9 Å². The third kappa shape index (κ3) is 4.21. The number of morpholine rings is 1. The predicted octanol–water partition coefficient (Wildman–Crippen LogP) is 2.01. The van der Waals surface area contributed by atoms with E-state index in [1.807, 2.05) is 0 Å². The number of hydrogen-bond acceptors (Lipinski definition) is 7. The van der Waals surface area contributed by atoms with Crippen LogP contribution in [0.25, 0.3) is 0 Å². The van der Waals surface area contributed by atoms with Gasteiger partial charge in [-0.1, -0.05) is 12.1 Å². The van der Waals surface area contributed by atoms with E-state index in [9.17, 15) is 4.79 Å². The number of amides is 1. The van der Waals surface area contributed by atoms with Crippen molar-refractivity contribution >= 4 is 28.1 Å². The molecule has 0 atom stereocenters. The highest BCUT2D eigenvalue weighted by molar-refractivity contribution is 7.13. The predicted molar refractivity (Wildman–Crippen MR) is 96.0 cm³/mol. The molecule has 1 aromatic heterocycles. The first-order chi connectivity index (χ1) is 12.2. The van der Waals surface area contributed by atoms with Crippen molar-refractivity contribution in [3.8, 4) is 6.07 Å². The molecule has 25 heavy (non-hydrogen) atoms. The fourth-order valence-electron chi connectivity index (χ4n) is 2.31. The molecule has 1 fully saturated rings. The van der Waals surface area contributed by atoms with E-state index in [1.54, 1.807) is 36.6 Å². The van der Waals surface area contributed by atoms with E-state index in [0.717, 1.165) is 23.8 Å². The molecule has 128 valence electrons. The molecule has 7 nitrogen and oxygen atoms in total. The molecule has 0 saturated carbocycles. The molecule has 3 rings (SSSR count). The van der Waals surface area contributed by atoms with E-state index in [-0.39, 0.29) is 5.91 Å². The topological polar surface area (TPSA) is 90.6 Å². The van der Waals surface area contributed by atoms with Gasteiger partial charge in [0.25, 0.3) is 5.91 Å². The summed E-state index contributed by atoms with van der Waals surface area (Å²) in [4.78, 5) is 18.7. The molecule has 0 unspecified atom stereocenters. The van der Waals surface area contributed by atoms with Gasteiger partial charge in [0.15, 0.2) is 5.13 Å². The smallest absolute Gasteiger partial charge is 0.290 e. The molecular formula is C17H17N5O2S. The second-order valence-electron chi connectivity index (χ2n) is 5.44. The second kappa shape index (κ2) is 7.88. The molecule has 0 aliphatic carbocycles. The summed E-state index contributed by atoms with van der Waals surface area (Å²) in [6, 6.07) is 9.08. The fraction of sp³-hybridized carbons (Fsp3) is 0.294. The zero-order valence-corrected chi connectivity index (χ0v) is 14.5. The molecule has 0 spiro atoms. The molecule has 1 aliphatic rings. The summed E-state index contributed by atoms with van der Waals surface area (Å²) >= 11 is 1.44. The number of hydrazone groups is 1. The van der Waals surface area contributed by atoms with Gasteiger partial charge in [-0.2, -0.15) is 10.4 Å². The second-order valence-corrected chi connectivity index (χ2v) is 6.28. The Labute approximate surface area is 149 Å². The van der Waals surface area contributed by atoms with Gasteiger partial charge in [0, 0.05) is 18.5 Å². The summed E-state index contributed by atoms with van der Waals surface area (Å²) in [5, 5.41) is 15.5. The minimum atomic E-state index is -0.344. The highest BCUT2D eigenvalue weighted by Crippen LogP contribution is 2.21. The van der Waals surface area contributed by atoms with Gasteiger partial charge in [0.2, 0.25) is 0 Å². The number of carbonyl (C=O) groups excluding carboxylic acids is 1. The van der Waals surface area contributed by atoms with Crippen molar-refractivity contribution in [3.63, 3.8) is 0 Å². The summed E-state index contributed by atoms with van der Waals surface area (Å²) in [5.74, 6) is -0.344. The molecule has 2 heterocycles. The van der Waals surface area contributed by atoms with Crippen LogP contribution in [0.4, 0.5) is 5.13 Å². The molecule has 2 aromatic rings. The number of thiazole rings is 1. The maximum absolute atomic E-state index is 12.2. The third-order valence-electron chi connectivity index (χ3n) is 3.76. The van der Waals surface area contributed by atoms with Gasteiger partial charge in [-0.05, 0) is 24.6 Å². The van der Waals surface area contributed by atoms with E-state index in [2.05, 4.69) is 26.5 Å². The molecule has 0 bridgehead atoms. The quantitative estimate of drug-likeness (QED) is 0.669. The lowest BCUT2D eigenvalue weighted by atomic mass is 10.1. The lowest BCUT2D eigenvalue weighted by Gasteiger charge is -2.25. The highest BCUT2D eigenvalue weighted by atomic mass is 32.1. The van der Waals surface area contributed by atoms with E-state index in [4.69, 9.17) is 10.00 Å². The molecule has 1 saturated heterocycles. The summed E-state index contributed by atoms with van der Waals surface area (Å²) in [6.07, 6.45) is 0. The number of carbonyl (C=O) groups is 1. The van der Waals surface area contributed by atoms with Crippen LogP contribution >= 0.6 is 11.3 Å². The molecule has 0 radical (unpaired) electrons. The van der Waals surface area contributed by atoms with Crippen LogP contribution in [0.1, 0.15) is 28.5 Å². The van der Waals surface area contributed by atoms with Crippen LogP contribution in [0.15, 0.2) is 34.7 Å². The monoisotopic (exact) mass is 355 g/mol. The minimum absolute atomic E-state index is 0.344. The fourth-order valence-corrected chi connectivity index (χ4v) is 3.17. The zero-order chi connectivity index (χ0) is 17.6. The first kappa shape index (κ1) is 17.1. The van der Waals surface area contributed by atoms with Gasteiger partial charge < -0.3 is 9.64 Å². The molecule has 1 aliphatic heterocycles. The van der Waals surface area contributed by atoms with Crippen molar-refractivity contribution in [2.75, 3.05) is 31.2 Å². The average Bonchev–Trinajstić information content (AvgIpc) is 3.17. The van der Waals surface area contributed by atoms with Crippen molar-refractivity contribution in [1.82, 2.24) is 10.4 Å². The molecule has 1 amide bonds. The average molecular weight is 355 g/mol. The van der Waals surface area contributed by atoms with E-state index < -0.39 is 0 Å². The number of benzene rings is 1. The van der Waals surface area contributed by atoms with Crippen LogP contribution in [0.5, 0.6) is 0 Å². The van der Waals surface area contributed by atoms with E-state index in [1.165, 1.54) is 11.3 Å². The van der Waals surface area contributed by atoms with Crippen LogP contribution in [0.3, 0.4) is 0 Å². The van der Waals surface area contributed by atoms with E-state index >= 15 is 0 Å². The highest BCUT2D eigenvalue weighted by Gasteiger charge is 2.17. The Kier molecular flexibility index (Phi) is 5.38. The van der Waals surface area contributed by atoms with Crippen molar-refractivity contribution < 1.29 is 9.53 Å². The Bertz CT molecular complexity index is 816. The molecule has 8 heteroatoms. The summed E-state index contributed by atoms with van der Waals surface area (Å²) in [5.41, 5.74) is 4.95. The van der Waals surface area contributed by atoms with Gasteiger partial charge in [-0.3, -0.25) is 4.79 Å². The third-order valence-corrected chi connectivity index (χ3v) is 4.66. The Morgan fingerprint density at radius 1 is 1.36 bits per heavy atom. The van der Waals surface area contributed by atoms with Crippen molar-refractivity contribution in [1.29, 1.82) is 5.26 Å².